The maximum Gasteiger partial charge on any atom is 0.255 e. The number of amides is 2. The molecule has 3 atom stereocenters. The second-order valence-electron chi connectivity index (χ2n) is 7.24. The van der Waals surface area contributed by atoms with Crippen LogP contribution < -0.4 is 5.32 Å². The summed E-state index contributed by atoms with van der Waals surface area (Å²) in [7, 11) is 0. The number of nitrogens with zero attached hydrogens (tertiary/aromatic N) is 2. The van der Waals surface area contributed by atoms with Crippen molar-refractivity contribution in [1.82, 2.24) is 15.1 Å². The molecule has 3 heterocycles. The van der Waals surface area contributed by atoms with Gasteiger partial charge in [-0.05, 0) is 49.9 Å². The molecule has 142 valence electrons. The van der Waals surface area contributed by atoms with Gasteiger partial charge in [0.15, 0.2) is 0 Å². The highest BCUT2D eigenvalue weighted by molar-refractivity contribution is 7.99. The van der Waals surface area contributed by atoms with E-state index < -0.39 is 0 Å². The smallest absolute Gasteiger partial charge is 0.255 e. The van der Waals surface area contributed by atoms with Crippen LogP contribution in [-0.4, -0.2) is 65.5 Å². The Hall–Kier alpha value is -1.24. The molecule has 2 amide bonds. The van der Waals surface area contributed by atoms with E-state index in [0.717, 1.165) is 39.0 Å². The Morgan fingerprint density at radius 1 is 1.04 bits per heavy atom. The molecular weight excluding hydrogens is 370 g/mol. The van der Waals surface area contributed by atoms with Crippen molar-refractivity contribution in [2.75, 3.05) is 37.8 Å². The fourth-order valence-electron chi connectivity index (χ4n) is 4.24. The first-order valence-electron chi connectivity index (χ1n) is 9.17. The third-order valence-electron chi connectivity index (χ3n) is 5.78. The highest BCUT2D eigenvalue weighted by Gasteiger charge is 2.39. The Bertz CT molecular complexity index is 631. The third-order valence-corrected chi connectivity index (χ3v) is 6.79. The molecule has 4 rings (SSSR count). The second kappa shape index (κ2) is 8.63. The molecule has 5 nitrogen and oxygen atoms in total. The van der Waals surface area contributed by atoms with Crippen molar-refractivity contribution < 1.29 is 9.59 Å². The fourth-order valence-corrected chi connectivity index (χ4v) is 5.39. The molecule has 26 heavy (non-hydrogen) atoms. The van der Waals surface area contributed by atoms with Crippen LogP contribution in [0.15, 0.2) is 30.3 Å². The van der Waals surface area contributed by atoms with Gasteiger partial charge in [-0.15, -0.1) is 24.2 Å². The topological polar surface area (TPSA) is 52.7 Å². The summed E-state index contributed by atoms with van der Waals surface area (Å²) in [6, 6.07) is 8.99. The molecule has 3 saturated heterocycles. The number of likely N-dealkylation sites (tertiary alicyclic amines) is 1. The Labute approximate surface area is 165 Å². The largest absolute Gasteiger partial charge is 0.341 e. The van der Waals surface area contributed by atoms with E-state index in [1.165, 1.54) is 0 Å². The van der Waals surface area contributed by atoms with Gasteiger partial charge in [0.1, 0.15) is 6.04 Å². The van der Waals surface area contributed by atoms with Gasteiger partial charge in [-0.25, -0.2) is 0 Å². The third kappa shape index (κ3) is 3.87. The molecule has 0 spiro atoms. The summed E-state index contributed by atoms with van der Waals surface area (Å²) < 4.78 is 0. The van der Waals surface area contributed by atoms with Gasteiger partial charge in [0.05, 0.1) is 5.88 Å². The monoisotopic (exact) mass is 395 g/mol. The normalized spacial score (nSPS) is 28.2. The SMILES string of the molecule is Cl.O=C(C1CSCN1C(=O)c1ccccc1)N1CC[C@@H]2CNC[C@@H]2CC1. The number of thioether (sulfide) groups is 1. The van der Waals surface area contributed by atoms with Crippen LogP contribution in [0.3, 0.4) is 0 Å². The molecule has 3 fully saturated rings. The standard InChI is InChI=1S/C19H25N3O2S.ClH/c23-18(14-4-2-1-3-5-14)22-13-25-12-17(22)19(24)21-8-6-15-10-20-11-16(15)7-9-21;/h1-5,15-17,20H,6-13H2;1H/t15-,16+,17?;. The summed E-state index contributed by atoms with van der Waals surface area (Å²) in [5, 5.41) is 3.47. The maximum atomic E-state index is 13.1. The van der Waals surface area contributed by atoms with Gasteiger partial charge in [0, 0.05) is 24.4 Å². The van der Waals surface area contributed by atoms with Crippen molar-refractivity contribution in [2.45, 2.75) is 18.9 Å². The lowest BCUT2D eigenvalue weighted by atomic mass is 9.92. The molecule has 1 N–H and O–H groups in total. The number of hydrogen-bond donors (Lipinski definition) is 1. The van der Waals surface area contributed by atoms with Gasteiger partial charge in [0.2, 0.25) is 5.91 Å². The molecule has 0 bridgehead atoms. The van der Waals surface area contributed by atoms with Crippen LogP contribution in [0.5, 0.6) is 0 Å². The van der Waals surface area contributed by atoms with Crippen LogP contribution in [0.2, 0.25) is 0 Å². The summed E-state index contributed by atoms with van der Waals surface area (Å²) in [6.45, 7) is 3.83. The minimum absolute atomic E-state index is 0. The molecule has 3 aliphatic heterocycles. The number of halogens is 1. The first-order chi connectivity index (χ1) is 12.2. The van der Waals surface area contributed by atoms with E-state index in [4.69, 9.17) is 0 Å². The molecule has 7 heteroatoms. The molecule has 1 aromatic rings. The van der Waals surface area contributed by atoms with Crippen molar-refractivity contribution in [1.29, 1.82) is 0 Å². The number of carbonyl (C=O) groups is 2. The molecule has 0 aliphatic carbocycles. The fraction of sp³-hybridized carbons (Fsp3) is 0.579. The van der Waals surface area contributed by atoms with Crippen LogP contribution in [0.1, 0.15) is 23.2 Å². The summed E-state index contributed by atoms with van der Waals surface area (Å²) in [4.78, 5) is 29.7. The Balaban J connectivity index is 0.00000196. The van der Waals surface area contributed by atoms with E-state index in [1.807, 2.05) is 35.2 Å². The van der Waals surface area contributed by atoms with Crippen LogP contribution in [0.4, 0.5) is 0 Å². The lowest BCUT2D eigenvalue weighted by molar-refractivity contribution is -0.134. The first kappa shape index (κ1) is 19.5. The minimum atomic E-state index is -0.311. The molecule has 3 aliphatic rings. The lowest BCUT2D eigenvalue weighted by Gasteiger charge is -2.29. The lowest BCUT2D eigenvalue weighted by Crippen LogP contribution is -2.49. The molecular formula is C19H26ClN3O2S. The number of hydrogen-bond acceptors (Lipinski definition) is 4. The van der Waals surface area contributed by atoms with E-state index in [1.54, 1.807) is 16.7 Å². The molecule has 1 unspecified atom stereocenters. The van der Waals surface area contributed by atoms with Gasteiger partial charge < -0.3 is 15.1 Å². The average Bonchev–Trinajstić information content (AvgIpc) is 3.27. The van der Waals surface area contributed by atoms with Crippen LogP contribution in [-0.2, 0) is 4.79 Å². The number of rotatable bonds is 2. The second-order valence-corrected chi connectivity index (χ2v) is 8.24. The highest BCUT2D eigenvalue weighted by Crippen LogP contribution is 2.29. The quantitative estimate of drug-likeness (QED) is 0.833. The predicted octanol–water partition coefficient (Wildman–Crippen LogP) is 2.08. The van der Waals surface area contributed by atoms with Crippen molar-refractivity contribution in [3.8, 4) is 0 Å². The summed E-state index contributed by atoms with van der Waals surface area (Å²) in [5.41, 5.74) is 0.666. The highest BCUT2D eigenvalue weighted by atomic mass is 35.5. The number of carbonyl (C=O) groups excluding carboxylic acids is 2. The summed E-state index contributed by atoms with van der Waals surface area (Å²) in [6.07, 6.45) is 2.16. The van der Waals surface area contributed by atoms with Crippen molar-refractivity contribution in [3.63, 3.8) is 0 Å². The molecule has 0 aromatic heterocycles. The Morgan fingerprint density at radius 2 is 1.69 bits per heavy atom. The van der Waals surface area contributed by atoms with Crippen LogP contribution in [0.25, 0.3) is 0 Å². The van der Waals surface area contributed by atoms with E-state index in [9.17, 15) is 9.59 Å². The zero-order valence-electron chi connectivity index (χ0n) is 14.8. The van der Waals surface area contributed by atoms with E-state index in [-0.39, 0.29) is 30.3 Å². The van der Waals surface area contributed by atoms with Crippen molar-refractivity contribution in [3.05, 3.63) is 35.9 Å². The molecule has 0 saturated carbocycles. The molecule has 1 aromatic carbocycles. The van der Waals surface area contributed by atoms with E-state index in [2.05, 4.69) is 5.32 Å². The summed E-state index contributed by atoms with van der Waals surface area (Å²) in [5.74, 6) is 2.84. The van der Waals surface area contributed by atoms with E-state index in [0.29, 0.717) is 29.0 Å². The zero-order chi connectivity index (χ0) is 17.2. The van der Waals surface area contributed by atoms with Crippen LogP contribution >= 0.6 is 24.2 Å². The van der Waals surface area contributed by atoms with Gasteiger partial charge >= 0.3 is 0 Å². The Kier molecular flexibility index (Phi) is 6.48. The predicted molar refractivity (Wildman–Crippen MR) is 107 cm³/mol. The summed E-state index contributed by atoms with van der Waals surface area (Å²) >= 11 is 1.68. The number of nitrogens with one attached hydrogen (secondary N) is 1. The number of fused-ring (bicyclic) bond motifs is 1. The van der Waals surface area contributed by atoms with E-state index >= 15 is 0 Å². The zero-order valence-corrected chi connectivity index (χ0v) is 16.4. The average molecular weight is 396 g/mol. The Morgan fingerprint density at radius 3 is 2.35 bits per heavy atom. The van der Waals surface area contributed by atoms with Gasteiger partial charge in [-0.3, -0.25) is 9.59 Å². The van der Waals surface area contributed by atoms with Gasteiger partial charge in [-0.2, -0.15) is 0 Å². The van der Waals surface area contributed by atoms with Gasteiger partial charge in [-0.1, -0.05) is 18.2 Å². The first-order valence-corrected chi connectivity index (χ1v) is 10.3. The minimum Gasteiger partial charge on any atom is -0.341 e. The number of benzene rings is 1. The van der Waals surface area contributed by atoms with Crippen molar-refractivity contribution in [2.24, 2.45) is 11.8 Å². The van der Waals surface area contributed by atoms with Crippen molar-refractivity contribution >= 4 is 36.0 Å². The van der Waals surface area contributed by atoms with Crippen LogP contribution in [0, 0.1) is 11.8 Å². The molecule has 0 radical (unpaired) electrons. The maximum absolute atomic E-state index is 13.1. The van der Waals surface area contributed by atoms with Gasteiger partial charge in [0.25, 0.3) is 5.91 Å².